The number of halogens is 3. The Balaban J connectivity index is 2.95. The fraction of sp³-hybridized carbons (Fsp3) is 0.250. The maximum Gasteiger partial charge on any atom is 0.417 e. The van der Waals surface area contributed by atoms with Crippen molar-refractivity contribution in [2.45, 2.75) is 12.6 Å². The molecule has 0 bridgehead atoms. The average Bonchev–Trinajstić information content (AvgIpc) is 2.28. The van der Waals surface area contributed by atoms with Crippen LogP contribution in [0.15, 0.2) is 24.3 Å². The Labute approximate surface area is 96.4 Å². The Morgan fingerprint density at radius 3 is 2.59 bits per heavy atom. The molecule has 2 nitrogen and oxygen atoms in total. The second-order valence-electron chi connectivity index (χ2n) is 3.10. The lowest BCUT2D eigenvalue weighted by Gasteiger charge is -2.07. The number of benzene rings is 1. The molecule has 1 aromatic rings. The largest absolute Gasteiger partial charge is 0.468 e. The molecule has 0 amide bonds. The fourth-order valence-corrected chi connectivity index (χ4v) is 1.12. The van der Waals surface area contributed by atoms with Crippen LogP contribution in [0, 0.1) is 11.8 Å². The highest BCUT2D eigenvalue weighted by molar-refractivity contribution is 5.72. The summed E-state index contributed by atoms with van der Waals surface area (Å²) in [5.41, 5.74) is -0.957. The number of rotatable bonds is 1. The van der Waals surface area contributed by atoms with Crippen molar-refractivity contribution in [3.05, 3.63) is 35.4 Å². The zero-order valence-electron chi connectivity index (χ0n) is 8.97. The number of carbonyl (C=O) groups excluding carboxylic acids is 1. The second kappa shape index (κ2) is 5.39. The van der Waals surface area contributed by atoms with Crippen LogP contribution in [0.3, 0.4) is 0 Å². The van der Waals surface area contributed by atoms with Gasteiger partial charge in [-0.3, -0.25) is 4.79 Å². The lowest BCUT2D eigenvalue weighted by atomic mass is 10.1. The van der Waals surface area contributed by atoms with Gasteiger partial charge in [0.1, 0.15) is 6.42 Å². The molecular weight excluding hydrogens is 233 g/mol. The van der Waals surface area contributed by atoms with Crippen LogP contribution < -0.4 is 0 Å². The van der Waals surface area contributed by atoms with Gasteiger partial charge in [-0.05, 0) is 12.1 Å². The van der Waals surface area contributed by atoms with Crippen molar-refractivity contribution < 1.29 is 22.7 Å². The minimum absolute atomic E-state index is 0.149. The van der Waals surface area contributed by atoms with Crippen LogP contribution in [0.1, 0.15) is 17.5 Å². The van der Waals surface area contributed by atoms with Gasteiger partial charge < -0.3 is 4.74 Å². The van der Waals surface area contributed by atoms with Crippen LogP contribution in [0.25, 0.3) is 0 Å². The van der Waals surface area contributed by atoms with E-state index in [9.17, 15) is 18.0 Å². The standard InChI is InChI=1S/C12H9F3O2/c1-17-11(16)8-4-6-9-5-2-3-7-10(9)12(13,14)15/h2-3,5,7H,8H2,1H3. The average molecular weight is 242 g/mol. The van der Waals surface area contributed by atoms with E-state index in [-0.39, 0.29) is 12.0 Å². The van der Waals surface area contributed by atoms with Crippen molar-refractivity contribution in [1.82, 2.24) is 0 Å². The van der Waals surface area contributed by atoms with Gasteiger partial charge in [0, 0.05) is 5.56 Å². The van der Waals surface area contributed by atoms with Crippen molar-refractivity contribution in [1.29, 1.82) is 0 Å². The highest BCUT2D eigenvalue weighted by Crippen LogP contribution is 2.31. The van der Waals surface area contributed by atoms with Gasteiger partial charge in [0.15, 0.2) is 0 Å². The molecule has 17 heavy (non-hydrogen) atoms. The number of methoxy groups -OCH3 is 1. The number of hydrogen-bond acceptors (Lipinski definition) is 2. The molecule has 0 aliphatic carbocycles. The van der Waals surface area contributed by atoms with Gasteiger partial charge in [-0.2, -0.15) is 13.2 Å². The third kappa shape index (κ3) is 3.83. The van der Waals surface area contributed by atoms with E-state index < -0.39 is 17.7 Å². The molecule has 0 aromatic heterocycles. The summed E-state index contributed by atoms with van der Waals surface area (Å²) in [6.07, 6.45) is -4.68. The first-order valence-corrected chi connectivity index (χ1v) is 4.67. The molecule has 0 spiro atoms. The van der Waals surface area contributed by atoms with Crippen LogP contribution >= 0.6 is 0 Å². The van der Waals surface area contributed by atoms with E-state index >= 15 is 0 Å². The zero-order chi connectivity index (χ0) is 12.9. The molecule has 0 radical (unpaired) electrons. The zero-order valence-corrected chi connectivity index (χ0v) is 8.97. The molecule has 0 atom stereocenters. The molecule has 0 fully saturated rings. The summed E-state index contributed by atoms with van der Waals surface area (Å²) >= 11 is 0. The molecule has 1 rings (SSSR count). The first kappa shape index (κ1) is 13.1. The highest BCUT2D eigenvalue weighted by atomic mass is 19.4. The lowest BCUT2D eigenvalue weighted by molar-refractivity contribution is -0.139. The summed E-state index contributed by atoms with van der Waals surface area (Å²) in [4.78, 5) is 10.7. The molecule has 0 aliphatic heterocycles. The first-order chi connectivity index (χ1) is 7.95. The second-order valence-corrected chi connectivity index (χ2v) is 3.10. The van der Waals surface area contributed by atoms with E-state index in [0.717, 1.165) is 6.07 Å². The van der Waals surface area contributed by atoms with Gasteiger partial charge in [0.2, 0.25) is 0 Å². The van der Waals surface area contributed by atoms with Gasteiger partial charge in [-0.15, -0.1) is 0 Å². The van der Waals surface area contributed by atoms with E-state index in [2.05, 4.69) is 16.6 Å². The molecule has 5 heteroatoms. The highest BCUT2D eigenvalue weighted by Gasteiger charge is 2.32. The van der Waals surface area contributed by atoms with Gasteiger partial charge in [0.25, 0.3) is 0 Å². The van der Waals surface area contributed by atoms with Crippen LogP contribution in [0.5, 0.6) is 0 Å². The fourth-order valence-electron chi connectivity index (χ4n) is 1.12. The summed E-state index contributed by atoms with van der Waals surface area (Å²) < 4.78 is 41.9. The predicted octanol–water partition coefficient (Wildman–Crippen LogP) is 2.62. The van der Waals surface area contributed by atoms with Crippen LogP contribution in [0.2, 0.25) is 0 Å². The first-order valence-electron chi connectivity index (χ1n) is 4.67. The van der Waals surface area contributed by atoms with Gasteiger partial charge in [-0.1, -0.05) is 24.0 Å². The Hall–Kier alpha value is -1.96. The van der Waals surface area contributed by atoms with Gasteiger partial charge >= 0.3 is 12.1 Å². The van der Waals surface area contributed by atoms with Crippen LogP contribution in [-0.2, 0) is 15.7 Å². The normalized spacial score (nSPS) is 10.4. The van der Waals surface area contributed by atoms with Crippen LogP contribution in [-0.4, -0.2) is 13.1 Å². The quantitative estimate of drug-likeness (QED) is 0.559. The smallest absolute Gasteiger partial charge is 0.417 e. The Morgan fingerprint density at radius 2 is 2.00 bits per heavy atom. The van der Waals surface area contributed by atoms with E-state index in [1.54, 1.807) is 0 Å². The SMILES string of the molecule is COC(=O)CC#Cc1ccccc1C(F)(F)F. The summed E-state index contributed by atoms with van der Waals surface area (Å²) in [5.74, 6) is 4.07. The molecule has 0 heterocycles. The van der Waals surface area contributed by atoms with E-state index in [4.69, 9.17) is 0 Å². The molecular formula is C12H9F3O2. The number of alkyl halides is 3. The Bertz CT molecular complexity index is 467. The Morgan fingerprint density at radius 1 is 1.35 bits per heavy atom. The molecule has 1 aromatic carbocycles. The summed E-state index contributed by atoms with van der Waals surface area (Å²) in [5, 5.41) is 0. The van der Waals surface area contributed by atoms with E-state index in [0.29, 0.717) is 0 Å². The number of esters is 1. The third-order valence-electron chi connectivity index (χ3n) is 1.92. The Kier molecular flexibility index (Phi) is 4.16. The van der Waals surface area contributed by atoms with Crippen molar-refractivity contribution in [2.24, 2.45) is 0 Å². The minimum Gasteiger partial charge on any atom is -0.468 e. The molecule has 0 saturated heterocycles. The maximum atomic E-state index is 12.5. The van der Waals surface area contributed by atoms with Crippen molar-refractivity contribution in [2.75, 3.05) is 7.11 Å². The summed E-state index contributed by atoms with van der Waals surface area (Å²) in [7, 11) is 1.19. The number of hydrogen-bond donors (Lipinski definition) is 0. The minimum atomic E-state index is -4.45. The number of carbonyl (C=O) groups is 1. The topological polar surface area (TPSA) is 26.3 Å². The number of ether oxygens (including phenoxy) is 1. The van der Waals surface area contributed by atoms with Gasteiger partial charge in [0.05, 0.1) is 12.7 Å². The molecule has 0 N–H and O–H groups in total. The van der Waals surface area contributed by atoms with Crippen molar-refractivity contribution in [3.8, 4) is 11.8 Å². The predicted molar refractivity (Wildman–Crippen MR) is 55.0 cm³/mol. The molecule has 0 saturated carbocycles. The third-order valence-corrected chi connectivity index (χ3v) is 1.92. The summed E-state index contributed by atoms with van der Waals surface area (Å²) in [6.45, 7) is 0. The van der Waals surface area contributed by atoms with Crippen LogP contribution in [0.4, 0.5) is 13.2 Å². The molecule has 0 unspecified atom stereocenters. The van der Waals surface area contributed by atoms with Crippen molar-refractivity contribution >= 4 is 5.97 Å². The molecule has 90 valence electrons. The van der Waals surface area contributed by atoms with Crippen molar-refractivity contribution in [3.63, 3.8) is 0 Å². The molecule has 0 aliphatic rings. The monoisotopic (exact) mass is 242 g/mol. The van der Waals surface area contributed by atoms with E-state index in [1.807, 2.05) is 0 Å². The van der Waals surface area contributed by atoms with E-state index in [1.165, 1.54) is 25.3 Å². The summed E-state index contributed by atoms with van der Waals surface area (Å²) in [6, 6.07) is 4.95. The lowest BCUT2D eigenvalue weighted by Crippen LogP contribution is -2.07. The maximum absolute atomic E-state index is 12.5. The van der Waals surface area contributed by atoms with Gasteiger partial charge in [-0.25, -0.2) is 0 Å².